The van der Waals surface area contributed by atoms with Gasteiger partial charge in [-0.1, -0.05) is 63.5 Å². The van der Waals surface area contributed by atoms with E-state index in [1.165, 1.54) is 0 Å². The second-order valence-corrected chi connectivity index (χ2v) is 5.66. The quantitative estimate of drug-likeness (QED) is 0.629. The molecule has 1 aromatic rings. The van der Waals surface area contributed by atoms with E-state index in [2.05, 4.69) is 15.9 Å². The van der Waals surface area contributed by atoms with Crippen LogP contribution in [0.4, 0.5) is 0 Å². The Morgan fingerprint density at radius 2 is 1.94 bits per heavy atom. The monoisotopic (exact) mass is 332 g/mol. The summed E-state index contributed by atoms with van der Waals surface area (Å²) in [4.78, 5) is 0.854. The van der Waals surface area contributed by atoms with E-state index in [-0.39, 0.29) is 5.92 Å². The predicted molar refractivity (Wildman–Crippen MR) is 78.0 cm³/mol. The molecule has 0 saturated carbocycles. The highest BCUT2D eigenvalue weighted by molar-refractivity contribution is 9.11. The third-order valence-corrected chi connectivity index (χ3v) is 3.82. The molecule has 2 rings (SSSR count). The maximum atomic E-state index is 6.16. The van der Waals surface area contributed by atoms with Crippen molar-refractivity contribution >= 4 is 56.2 Å². The van der Waals surface area contributed by atoms with Gasteiger partial charge < -0.3 is 0 Å². The van der Waals surface area contributed by atoms with Crippen LogP contribution in [0.3, 0.4) is 0 Å². The summed E-state index contributed by atoms with van der Waals surface area (Å²) in [7, 11) is 0. The van der Waals surface area contributed by atoms with Crippen molar-refractivity contribution in [1.82, 2.24) is 0 Å². The van der Waals surface area contributed by atoms with E-state index in [0.29, 0.717) is 10.0 Å². The molecule has 16 heavy (non-hydrogen) atoms. The summed E-state index contributed by atoms with van der Waals surface area (Å²) < 4.78 is 1.01. The Kier molecular flexibility index (Phi) is 3.85. The molecule has 0 aliphatic heterocycles. The maximum absolute atomic E-state index is 6.16. The third-order valence-electron chi connectivity index (χ3n) is 2.34. The van der Waals surface area contributed by atoms with Crippen molar-refractivity contribution in [3.8, 4) is 0 Å². The standard InChI is InChI=1S/C12H7BrCl2S/c13-7-1-4-12(16)10(5-7)9-3-2-8(14)6-11(9)15/h1-6,10H. The number of halogens is 3. The first-order chi connectivity index (χ1) is 7.58. The number of benzene rings is 1. The summed E-state index contributed by atoms with van der Waals surface area (Å²) >= 11 is 20.8. The molecule has 1 atom stereocenters. The fourth-order valence-electron chi connectivity index (χ4n) is 1.56. The van der Waals surface area contributed by atoms with Gasteiger partial charge in [-0.3, -0.25) is 0 Å². The minimum Gasteiger partial charge on any atom is -0.0843 e. The van der Waals surface area contributed by atoms with E-state index < -0.39 is 0 Å². The average Bonchev–Trinajstić information content (AvgIpc) is 2.22. The minimum absolute atomic E-state index is 0.0409. The van der Waals surface area contributed by atoms with E-state index in [0.717, 1.165) is 14.9 Å². The lowest BCUT2D eigenvalue weighted by Crippen LogP contribution is -2.09. The molecular formula is C12H7BrCl2S. The number of rotatable bonds is 1. The Bertz CT molecular complexity index is 506. The Balaban J connectivity index is 2.44. The molecular weight excluding hydrogens is 327 g/mol. The zero-order chi connectivity index (χ0) is 11.7. The fraction of sp³-hybridized carbons (Fsp3) is 0.0833. The van der Waals surface area contributed by atoms with Crippen molar-refractivity contribution < 1.29 is 0 Å². The van der Waals surface area contributed by atoms with Crippen molar-refractivity contribution in [2.75, 3.05) is 0 Å². The summed E-state index contributed by atoms with van der Waals surface area (Å²) in [6.07, 6.45) is 5.88. The number of hydrogen-bond donors (Lipinski definition) is 0. The van der Waals surface area contributed by atoms with Gasteiger partial charge in [-0.05, 0) is 29.8 Å². The van der Waals surface area contributed by atoms with Crippen LogP contribution in [-0.2, 0) is 0 Å². The topological polar surface area (TPSA) is 0 Å². The molecule has 0 spiro atoms. The van der Waals surface area contributed by atoms with E-state index >= 15 is 0 Å². The first-order valence-corrected chi connectivity index (χ1v) is 6.58. The van der Waals surface area contributed by atoms with E-state index in [1.54, 1.807) is 6.07 Å². The van der Waals surface area contributed by atoms with Crippen molar-refractivity contribution in [2.45, 2.75) is 5.92 Å². The molecule has 0 fully saturated rings. The number of allylic oxidation sites excluding steroid dienone is 4. The van der Waals surface area contributed by atoms with Gasteiger partial charge in [-0.15, -0.1) is 0 Å². The molecule has 0 nitrogen and oxygen atoms in total. The summed E-state index contributed by atoms with van der Waals surface area (Å²) in [5.41, 5.74) is 0.984. The molecule has 0 N–H and O–H groups in total. The number of thiocarbonyl (C=S) groups is 1. The summed E-state index contributed by atoms with van der Waals surface area (Å²) in [5, 5.41) is 1.28. The van der Waals surface area contributed by atoms with Gasteiger partial charge in [0.2, 0.25) is 0 Å². The molecule has 4 heteroatoms. The van der Waals surface area contributed by atoms with E-state index in [1.807, 2.05) is 30.4 Å². The van der Waals surface area contributed by atoms with Crippen LogP contribution in [0, 0.1) is 0 Å². The van der Waals surface area contributed by atoms with Crippen LogP contribution >= 0.6 is 51.3 Å². The highest BCUT2D eigenvalue weighted by Crippen LogP contribution is 2.33. The molecule has 82 valence electrons. The Morgan fingerprint density at radius 1 is 1.19 bits per heavy atom. The Morgan fingerprint density at radius 3 is 2.62 bits per heavy atom. The first-order valence-electron chi connectivity index (χ1n) is 4.62. The molecule has 1 aliphatic carbocycles. The van der Waals surface area contributed by atoms with Gasteiger partial charge in [0.25, 0.3) is 0 Å². The van der Waals surface area contributed by atoms with Gasteiger partial charge in [0.1, 0.15) is 0 Å². The first kappa shape index (κ1) is 12.3. The minimum atomic E-state index is 0.0409. The Labute approximate surface area is 118 Å². The van der Waals surface area contributed by atoms with Crippen molar-refractivity contribution in [3.05, 3.63) is 56.5 Å². The van der Waals surface area contributed by atoms with Crippen LogP contribution in [-0.4, -0.2) is 4.86 Å². The van der Waals surface area contributed by atoms with Crippen LogP contribution < -0.4 is 0 Å². The molecule has 0 amide bonds. The van der Waals surface area contributed by atoms with Gasteiger partial charge in [-0.25, -0.2) is 0 Å². The zero-order valence-corrected chi connectivity index (χ0v) is 12.0. The Hall–Kier alpha value is -0.150. The van der Waals surface area contributed by atoms with Crippen LogP contribution in [0.2, 0.25) is 10.0 Å². The van der Waals surface area contributed by atoms with Crippen molar-refractivity contribution in [1.29, 1.82) is 0 Å². The lowest BCUT2D eigenvalue weighted by atomic mass is 9.92. The third kappa shape index (κ3) is 2.57. The molecule has 0 aromatic heterocycles. The fourth-order valence-corrected chi connectivity index (χ4v) is 2.74. The van der Waals surface area contributed by atoms with Crippen LogP contribution in [0.1, 0.15) is 11.5 Å². The maximum Gasteiger partial charge on any atom is 0.0462 e. The van der Waals surface area contributed by atoms with Gasteiger partial charge in [0.05, 0.1) is 0 Å². The number of hydrogen-bond acceptors (Lipinski definition) is 1. The molecule has 0 bridgehead atoms. The highest BCUT2D eigenvalue weighted by Gasteiger charge is 2.18. The zero-order valence-electron chi connectivity index (χ0n) is 8.08. The summed E-state index contributed by atoms with van der Waals surface area (Å²) in [5.74, 6) is 0.0409. The normalized spacial score (nSPS) is 19.8. The lowest BCUT2D eigenvalue weighted by molar-refractivity contribution is 1.16. The van der Waals surface area contributed by atoms with Crippen molar-refractivity contribution in [2.24, 2.45) is 0 Å². The van der Waals surface area contributed by atoms with Crippen molar-refractivity contribution in [3.63, 3.8) is 0 Å². The van der Waals surface area contributed by atoms with Gasteiger partial charge >= 0.3 is 0 Å². The van der Waals surface area contributed by atoms with Gasteiger partial charge in [0.15, 0.2) is 0 Å². The van der Waals surface area contributed by atoms with Crippen LogP contribution in [0.15, 0.2) is 40.9 Å². The van der Waals surface area contributed by atoms with Crippen LogP contribution in [0.25, 0.3) is 0 Å². The molecule has 0 radical (unpaired) electrons. The predicted octanol–water partition coefficient (Wildman–Crippen LogP) is 5.30. The average molecular weight is 334 g/mol. The molecule has 1 unspecified atom stereocenters. The smallest absolute Gasteiger partial charge is 0.0462 e. The summed E-state index contributed by atoms with van der Waals surface area (Å²) in [6, 6.07) is 5.48. The highest BCUT2D eigenvalue weighted by atomic mass is 79.9. The van der Waals surface area contributed by atoms with E-state index in [9.17, 15) is 0 Å². The second kappa shape index (κ2) is 5.01. The molecule has 0 saturated heterocycles. The molecule has 1 aromatic carbocycles. The molecule has 1 aliphatic rings. The lowest BCUT2D eigenvalue weighted by Gasteiger charge is -2.17. The molecule has 0 heterocycles. The van der Waals surface area contributed by atoms with Gasteiger partial charge in [-0.2, -0.15) is 0 Å². The van der Waals surface area contributed by atoms with E-state index in [4.69, 9.17) is 35.4 Å². The van der Waals surface area contributed by atoms with Crippen LogP contribution in [0.5, 0.6) is 0 Å². The summed E-state index contributed by atoms with van der Waals surface area (Å²) in [6.45, 7) is 0. The van der Waals surface area contributed by atoms with Gasteiger partial charge in [0, 0.05) is 25.3 Å². The second-order valence-electron chi connectivity index (χ2n) is 3.43. The largest absolute Gasteiger partial charge is 0.0843 e. The SMILES string of the molecule is S=C1C=CC(Br)=CC1c1ccc(Cl)cc1Cl.